The van der Waals surface area contributed by atoms with E-state index in [9.17, 15) is 4.79 Å². The van der Waals surface area contributed by atoms with Crippen molar-refractivity contribution in [3.63, 3.8) is 0 Å². The van der Waals surface area contributed by atoms with E-state index in [0.717, 1.165) is 22.6 Å². The van der Waals surface area contributed by atoms with Gasteiger partial charge >= 0.3 is 6.03 Å². The topological polar surface area (TPSA) is 53.2 Å². The van der Waals surface area contributed by atoms with Gasteiger partial charge in [0.25, 0.3) is 0 Å². The number of rotatable bonds is 5. The summed E-state index contributed by atoms with van der Waals surface area (Å²) in [6.45, 7) is 0. The number of hydrogen-bond acceptors (Lipinski definition) is 2. The summed E-state index contributed by atoms with van der Waals surface area (Å²) >= 11 is 0. The van der Waals surface area contributed by atoms with E-state index in [1.807, 2.05) is 91.0 Å². The van der Waals surface area contributed by atoms with Crippen molar-refractivity contribution in [3.05, 3.63) is 96.7 Å². The Kier molecular flexibility index (Phi) is 5.46. The lowest BCUT2D eigenvalue weighted by molar-refractivity contribution is 0.255. The molecule has 0 aliphatic rings. The molecule has 3 aromatic carbocycles. The average Bonchev–Trinajstić information content (AvgIpc) is 2.65. The van der Waals surface area contributed by atoms with Gasteiger partial charge in [-0.15, -0.1) is 0 Å². The number of para-hydroxylation sites is 1. The zero-order valence-corrected chi connectivity index (χ0v) is 13.6. The molecule has 0 aliphatic carbocycles. The van der Waals surface area contributed by atoms with Crippen molar-refractivity contribution >= 4 is 29.2 Å². The fourth-order valence-electron chi connectivity index (χ4n) is 2.27. The smallest absolute Gasteiger partial charge is 0.323 e. The van der Waals surface area contributed by atoms with Gasteiger partial charge in [0.05, 0.1) is 0 Å². The van der Waals surface area contributed by atoms with E-state index in [1.165, 1.54) is 0 Å². The number of amides is 2. The van der Waals surface area contributed by atoms with Gasteiger partial charge in [-0.25, -0.2) is 4.79 Å². The molecule has 124 valence electrons. The van der Waals surface area contributed by atoms with E-state index in [2.05, 4.69) is 16.0 Å². The summed E-state index contributed by atoms with van der Waals surface area (Å²) in [5.41, 5.74) is 3.73. The Balaban J connectivity index is 1.51. The summed E-state index contributed by atoms with van der Waals surface area (Å²) in [6.07, 6.45) is 3.46. The van der Waals surface area contributed by atoms with Crippen LogP contribution in [0.25, 0.3) is 6.08 Å². The Bertz CT molecular complexity index is 828. The largest absolute Gasteiger partial charge is 0.356 e. The third-order valence-electron chi connectivity index (χ3n) is 3.50. The minimum absolute atomic E-state index is 0.282. The maximum atomic E-state index is 11.9. The molecule has 3 rings (SSSR count). The van der Waals surface area contributed by atoms with E-state index >= 15 is 0 Å². The molecule has 3 N–H and O–H groups in total. The van der Waals surface area contributed by atoms with Gasteiger partial charge in [0.15, 0.2) is 0 Å². The SMILES string of the molecule is O=C(N/C=C/c1ccccc1)Nc1ccc(Nc2ccccc2)cc1. The fourth-order valence-corrected chi connectivity index (χ4v) is 2.27. The highest BCUT2D eigenvalue weighted by molar-refractivity contribution is 5.90. The molecule has 4 nitrogen and oxygen atoms in total. The lowest BCUT2D eigenvalue weighted by Gasteiger charge is -2.08. The molecule has 3 aromatic rings. The number of carbonyl (C=O) groups is 1. The molecule has 4 heteroatoms. The monoisotopic (exact) mass is 329 g/mol. The van der Waals surface area contributed by atoms with E-state index in [1.54, 1.807) is 6.20 Å². The summed E-state index contributed by atoms with van der Waals surface area (Å²) in [4.78, 5) is 11.9. The van der Waals surface area contributed by atoms with Gasteiger partial charge in [0.2, 0.25) is 0 Å². The molecule has 0 bridgehead atoms. The van der Waals surface area contributed by atoms with Crippen LogP contribution in [0, 0.1) is 0 Å². The van der Waals surface area contributed by atoms with Crippen LogP contribution in [0.2, 0.25) is 0 Å². The highest BCUT2D eigenvalue weighted by Crippen LogP contribution is 2.18. The van der Waals surface area contributed by atoms with Crippen molar-refractivity contribution in [1.82, 2.24) is 5.32 Å². The predicted octanol–water partition coefficient (Wildman–Crippen LogP) is 5.22. The van der Waals surface area contributed by atoms with Crippen LogP contribution >= 0.6 is 0 Å². The predicted molar refractivity (Wildman–Crippen MR) is 104 cm³/mol. The lowest BCUT2D eigenvalue weighted by Crippen LogP contribution is -2.23. The summed E-state index contributed by atoms with van der Waals surface area (Å²) < 4.78 is 0. The molecule has 0 saturated carbocycles. The highest BCUT2D eigenvalue weighted by atomic mass is 16.2. The van der Waals surface area contributed by atoms with Gasteiger partial charge in [-0.05, 0) is 48.0 Å². The van der Waals surface area contributed by atoms with Crippen molar-refractivity contribution in [3.8, 4) is 0 Å². The minimum Gasteiger partial charge on any atom is -0.356 e. The van der Waals surface area contributed by atoms with Crippen LogP contribution in [-0.2, 0) is 0 Å². The number of nitrogens with one attached hydrogen (secondary N) is 3. The average molecular weight is 329 g/mol. The second kappa shape index (κ2) is 8.36. The molecule has 2 amide bonds. The first-order chi connectivity index (χ1) is 12.3. The molecule has 0 aliphatic heterocycles. The van der Waals surface area contributed by atoms with Crippen molar-refractivity contribution in [2.75, 3.05) is 10.6 Å². The normalized spacial score (nSPS) is 10.4. The van der Waals surface area contributed by atoms with E-state index in [4.69, 9.17) is 0 Å². The quantitative estimate of drug-likeness (QED) is 0.601. The molecule has 0 unspecified atom stereocenters. The van der Waals surface area contributed by atoms with Gasteiger partial charge in [0.1, 0.15) is 0 Å². The molecule has 0 heterocycles. The van der Waals surface area contributed by atoms with Crippen molar-refractivity contribution in [2.24, 2.45) is 0 Å². The summed E-state index contributed by atoms with van der Waals surface area (Å²) in [5.74, 6) is 0. The van der Waals surface area contributed by atoms with Gasteiger partial charge in [-0.3, -0.25) is 0 Å². The molecular weight excluding hydrogens is 310 g/mol. The van der Waals surface area contributed by atoms with E-state index in [-0.39, 0.29) is 6.03 Å². The molecule has 0 atom stereocenters. The van der Waals surface area contributed by atoms with Crippen LogP contribution in [0.3, 0.4) is 0 Å². The van der Waals surface area contributed by atoms with Crippen LogP contribution in [0.4, 0.5) is 21.9 Å². The maximum Gasteiger partial charge on any atom is 0.323 e. The van der Waals surface area contributed by atoms with Gasteiger partial charge in [-0.1, -0.05) is 48.5 Å². The molecular formula is C21H19N3O. The minimum atomic E-state index is -0.282. The Hall–Kier alpha value is -3.53. The second-order valence-electron chi connectivity index (χ2n) is 5.41. The molecule has 0 radical (unpaired) electrons. The third kappa shape index (κ3) is 5.25. The molecule has 0 aromatic heterocycles. The zero-order valence-electron chi connectivity index (χ0n) is 13.6. The summed E-state index contributed by atoms with van der Waals surface area (Å²) in [7, 11) is 0. The summed E-state index contributed by atoms with van der Waals surface area (Å²) in [6, 6.07) is 27.0. The third-order valence-corrected chi connectivity index (χ3v) is 3.50. The zero-order chi connectivity index (χ0) is 17.3. The number of carbonyl (C=O) groups excluding carboxylic acids is 1. The molecule has 25 heavy (non-hydrogen) atoms. The number of anilines is 3. The van der Waals surface area contributed by atoms with E-state index in [0.29, 0.717) is 0 Å². The molecule has 0 fully saturated rings. The molecule has 0 saturated heterocycles. The first kappa shape index (κ1) is 16.3. The van der Waals surface area contributed by atoms with Crippen LogP contribution in [0.1, 0.15) is 5.56 Å². The van der Waals surface area contributed by atoms with Crippen molar-refractivity contribution in [1.29, 1.82) is 0 Å². The van der Waals surface area contributed by atoms with Crippen LogP contribution in [0.15, 0.2) is 91.1 Å². The van der Waals surface area contributed by atoms with E-state index < -0.39 is 0 Å². The Morgan fingerprint density at radius 1 is 0.680 bits per heavy atom. The Morgan fingerprint density at radius 2 is 1.24 bits per heavy atom. The van der Waals surface area contributed by atoms with Gasteiger partial charge in [-0.2, -0.15) is 0 Å². The second-order valence-corrected chi connectivity index (χ2v) is 5.41. The van der Waals surface area contributed by atoms with Crippen LogP contribution in [0.5, 0.6) is 0 Å². The maximum absolute atomic E-state index is 11.9. The first-order valence-corrected chi connectivity index (χ1v) is 8.01. The number of urea groups is 1. The van der Waals surface area contributed by atoms with Crippen LogP contribution in [-0.4, -0.2) is 6.03 Å². The lowest BCUT2D eigenvalue weighted by atomic mass is 10.2. The summed E-state index contributed by atoms with van der Waals surface area (Å²) in [5, 5.41) is 8.78. The number of benzene rings is 3. The first-order valence-electron chi connectivity index (χ1n) is 8.01. The standard InChI is InChI=1S/C21H19N3O/c25-21(22-16-15-17-7-3-1-4-8-17)24-20-13-11-19(12-14-20)23-18-9-5-2-6-10-18/h1-16,23H,(H2,22,24,25)/b16-15+. The Morgan fingerprint density at radius 3 is 1.92 bits per heavy atom. The number of hydrogen-bond donors (Lipinski definition) is 3. The highest BCUT2D eigenvalue weighted by Gasteiger charge is 2.00. The fraction of sp³-hybridized carbons (Fsp3) is 0. The van der Waals surface area contributed by atoms with Crippen molar-refractivity contribution < 1.29 is 4.79 Å². The Labute approximate surface area is 147 Å². The van der Waals surface area contributed by atoms with Gasteiger partial charge < -0.3 is 16.0 Å². The van der Waals surface area contributed by atoms with Crippen LogP contribution < -0.4 is 16.0 Å². The molecule has 0 spiro atoms. The van der Waals surface area contributed by atoms with Crippen molar-refractivity contribution in [2.45, 2.75) is 0 Å². The van der Waals surface area contributed by atoms with Gasteiger partial charge in [0, 0.05) is 23.3 Å².